The number of likely N-dealkylation sites (N-methyl/N-ethyl adjacent to an activating group) is 1. The van der Waals surface area contributed by atoms with Crippen LogP contribution in [0.2, 0.25) is 0 Å². The summed E-state index contributed by atoms with van der Waals surface area (Å²) in [6.07, 6.45) is 2.16. The number of ketones is 1. The first-order chi connectivity index (χ1) is 12.6. The number of rotatable bonds is 9. The van der Waals surface area contributed by atoms with Crippen LogP contribution >= 0.6 is 0 Å². The molecule has 2 rings (SSSR count). The third kappa shape index (κ3) is 5.86. The van der Waals surface area contributed by atoms with Gasteiger partial charge in [-0.15, -0.1) is 0 Å². The molecule has 27 heavy (non-hydrogen) atoms. The van der Waals surface area contributed by atoms with Gasteiger partial charge in [0, 0.05) is 18.7 Å². The van der Waals surface area contributed by atoms with Crippen molar-refractivity contribution in [3.8, 4) is 0 Å². The minimum absolute atomic E-state index is 0.0391. The monoisotopic (exact) mass is 396 g/mol. The Morgan fingerprint density at radius 1 is 1.22 bits per heavy atom. The molecule has 1 amide bonds. The van der Waals surface area contributed by atoms with Crippen molar-refractivity contribution in [3.05, 3.63) is 29.8 Å². The van der Waals surface area contributed by atoms with Crippen molar-refractivity contribution in [2.75, 3.05) is 20.2 Å². The van der Waals surface area contributed by atoms with Crippen LogP contribution in [0.25, 0.3) is 0 Å². The predicted octanol–water partition coefficient (Wildman–Crippen LogP) is 0.968. The summed E-state index contributed by atoms with van der Waals surface area (Å²) in [4.78, 5) is 34.8. The summed E-state index contributed by atoms with van der Waals surface area (Å²) in [5.74, 6) is -0.927. The maximum Gasteiger partial charge on any atom is 0.321 e. The SMILES string of the molecule is CC(=O)c1ccc(S(=O)(=O)N(C)CC(=O)OCC(=O)NC(C)C2CC2)cc1. The van der Waals surface area contributed by atoms with E-state index in [0.717, 1.165) is 17.1 Å². The summed E-state index contributed by atoms with van der Waals surface area (Å²) in [5.41, 5.74) is 0.391. The van der Waals surface area contributed by atoms with E-state index in [-0.39, 0.29) is 16.7 Å². The Bertz CT molecular complexity index is 815. The largest absolute Gasteiger partial charge is 0.455 e. The second-order valence-electron chi connectivity index (χ2n) is 6.70. The lowest BCUT2D eigenvalue weighted by molar-refractivity contribution is -0.148. The number of benzene rings is 1. The molecule has 1 unspecified atom stereocenters. The molecule has 148 valence electrons. The van der Waals surface area contributed by atoms with Crippen LogP contribution < -0.4 is 5.32 Å². The van der Waals surface area contributed by atoms with Gasteiger partial charge < -0.3 is 10.1 Å². The van der Waals surface area contributed by atoms with Gasteiger partial charge in [-0.1, -0.05) is 12.1 Å². The Kier molecular flexibility index (Phi) is 6.72. The summed E-state index contributed by atoms with van der Waals surface area (Å²) in [7, 11) is -2.68. The summed E-state index contributed by atoms with van der Waals surface area (Å²) in [6.45, 7) is 2.31. The van der Waals surface area contributed by atoms with E-state index < -0.39 is 35.1 Å². The van der Waals surface area contributed by atoms with Crippen LogP contribution in [0.1, 0.15) is 37.0 Å². The van der Waals surface area contributed by atoms with E-state index in [1.807, 2.05) is 6.92 Å². The van der Waals surface area contributed by atoms with Crippen LogP contribution in [0, 0.1) is 5.92 Å². The maximum atomic E-state index is 12.5. The van der Waals surface area contributed by atoms with Gasteiger partial charge in [0.05, 0.1) is 4.90 Å². The van der Waals surface area contributed by atoms with E-state index in [1.54, 1.807) is 0 Å². The van der Waals surface area contributed by atoms with Gasteiger partial charge in [-0.05, 0) is 44.7 Å². The van der Waals surface area contributed by atoms with Crippen molar-refractivity contribution >= 4 is 27.7 Å². The maximum absolute atomic E-state index is 12.5. The van der Waals surface area contributed by atoms with Crippen LogP contribution in [-0.4, -0.2) is 56.6 Å². The number of amides is 1. The molecule has 0 aromatic heterocycles. The van der Waals surface area contributed by atoms with Crippen LogP contribution in [0.5, 0.6) is 0 Å². The number of esters is 1. The first-order valence-electron chi connectivity index (χ1n) is 8.63. The Morgan fingerprint density at radius 2 is 1.81 bits per heavy atom. The molecule has 0 spiro atoms. The fourth-order valence-electron chi connectivity index (χ4n) is 2.51. The number of sulfonamides is 1. The van der Waals surface area contributed by atoms with E-state index in [4.69, 9.17) is 4.74 Å². The zero-order chi connectivity index (χ0) is 20.2. The molecule has 1 aromatic carbocycles. The van der Waals surface area contributed by atoms with Crippen molar-refractivity contribution in [2.24, 2.45) is 5.92 Å². The molecular formula is C18H24N2O6S. The highest BCUT2D eigenvalue weighted by molar-refractivity contribution is 7.89. The van der Waals surface area contributed by atoms with Gasteiger partial charge in [-0.2, -0.15) is 4.31 Å². The molecule has 1 fully saturated rings. The molecule has 1 aliphatic rings. The average Bonchev–Trinajstić information content (AvgIpc) is 3.45. The molecule has 0 saturated heterocycles. The minimum atomic E-state index is -3.92. The second-order valence-corrected chi connectivity index (χ2v) is 8.74. The number of hydrogen-bond donors (Lipinski definition) is 1. The van der Waals surface area contributed by atoms with Crippen molar-refractivity contribution < 1.29 is 27.5 Å². The number of carbonyl (C=O) groups is 3. The second kappa shape index (κ2) is 8.62. The predicted molar refractivity (Wildman–Crippen MR) is 97.6 cm³/mol. The van der Waals surface area contributed by atoms with Crippen LogP contribution in [0.15, 0.2) is 29.2 Å². The summed E-state index contributed by atoms with van der Waals surface area (Å²) in [5, 5.41) is 2.75. The highest BCUT2D eigenvalue weighted by atomic mass is 32.2. The average molecular weight is 396 g/mol. The number of nitrogens with one attached hydrogen (secondary N) is 1. The van der Waals surface area contributed by atoms with Gasteiger partial charge in [-0.25, -0.2) is 8.42 Å². The molecule has 1 saturated carbocycles. The number of hydrogen-bond acceptors (Lipinski definition) is 6. The standard InChI is InChI=1S/C18H24N2O6S/c1-12(14-4-5-14)19-17(22)11-26-18(23)10-20(3)27(24,25)16-8-6-15(7-9-16)13(2)21/h6-9,12,14H,4-5,10-11H2,1-3H3,(H,19,22). The Morgan fingerprint density at radius 3 is 2.33 bits per heavy atom. The third-order valence-corrected chi connectivity index (χ3v) is 6.22. The Hall–Kier alpha value is -2.26. The number of ether oxygens (including phenoxy) is 1. The molecule has 0 radical (unpaired) electrons. The molecule has 8 nitrogen and oxygen atoms in total. The van der Waals surface area contributed by atoms with Gasteiger partial charge in [0.25, 0.3) is 5.91 Å². The molecule has 1 N–H and O–H groups in total. The summed E-state index contributed by atoms with van der Waals surface area (Å²) < 4.78 is 30.6. The normalized spacial score (nSPS) is 15.3. The van der Waals surface area contributed by atoms with E-state index in [9.17, 15) is 22.8 Å². The first-order valence-corrected chi connectivity index (χ1v) is 10.1. The quantitative estimate of drug-likeness (QED) is 0.492. The van der Waals surface area contributed by atoms with E-state index >= 15 is 0 Å². The van der Waals surface area contributed by atoms with Crippen LogP contribution in [0.4, 0.5) is 0 Å². The third-order valence-electron chi connectivity index (χ3n) is 4.40. The minimum Gasteiger partial charge on any atom is -0.455 e. The number of Topliss-reactive ketones (excluding diaryl/α,β-unsaturated/α-hetero) is 1. The van der Waals surface area contributed by atoms with E-state index in [2.05, 4.69) is 5.32 Å². The van der Waals surface area contributed by atoms with Gasteiger partial charge in [0.2, 0.25) is 10.0 Å². The highest BCUT2D eigenvalue weighted by Crippen LogP contribution is 2.32. The molecule has 0 heterocycles. The molecular weight excluding hydrogens is 372 g/mol. The summed E-state index contributed by atoms with van der Waals surface area (Å²) >= 11 is 0. The molecule has 0 bridgehead atoms. The van der Waals surface area contributed by atoms with Crippen molar-refractivity contribution in [3.63, 3.8) is 0 Å². The highest BCUT2D eigenvalue weighted by Gasteiger charge is 2.29. The van der Waals surface area contributed by atoms with Crippen molar-refractivity contribution in [1.29, 1.82) is 0 Å². The molecule has 0 aliphatic heterocycles. The Balaban J connectivity index is 1.86. The fraction of sp³-hybridized carbons (Fsp3) is 0.500. The van der Waals surface area contributed by atoms with Gasteiger partial charge in [-0.3, -0.25) is 14.4 Å². The van der Waals surface area contributed by atoms with Crippen LogP contribution in [0.3, 0.4) is 0 Å². The summed E-state index contributed by atoms with van der Waals surface area (Å²) in [6, 6.07) is 5.47. The van der Waals surface area contributed by atoms with Crippen LogP contribution in [-0.2, 0) is 24.3 Å². The lowest BCUT2D eigenvalue weighted by atomic mass is 10.2. The Labute approximate surface area is 158 Å². The number of carbonyl (C=O) groups excluding carboxylic acids is 3. The lowest BCUT2D eigenvalue weighted by Crippen LogP contribution is -2.38. The molecule has 9 heteroatoms. The van der Waals surface area contributed by atoms with Crippen molar-refractivity contribution in [1.82, 2.24) is 9.62 Å². The van der Waals surface area contributed by atoms with Gasteiger partial charge in [0.1, 0.15) is 6.54 Å². The molecule has 1 aliphatic carbocycles. The van der Waals surface area contributed by atoms with E-state index in [0.29, 0.717) is 11.5 Å². The fourth-order valence-corrected chi connectivity index (χ4v) is 3.62. The lowest BCUT2D eigenvalue weighted by Gasteiger charge is -2.17. The van der Waals surface area contributed by atoms with Gasteiger partial charge >= 0.3 is 5.97 Å². The van der Waals surface area contributed by atoms with Crippen molar-refractivity contribution in [2.45, 2.75) is 37.6 Å². The zero-order valence-electron chi connectivity index (χ0n) is 15.6. The molecule has 1 atom stereocenters. The number of nitrogens with zero attached hydrogens (tertiary/aromatic N) is 1. The first kappa shape index (κ1) is 21.0. The van der Waals surface area contributed by atoms with E-state index in [1.165, 1.54) is 38.2 Å². The zero-order valence-corrected chi connectivity index (χ0v) is 16.4. The molecule has 1 aromatic rings. The smallest absolute Gasteiger partial charge is 0.321 e. The topological polar surface area (TPSA) is 110 Å². The van der Waals surface area contributed by atoms with Gasteiger partial charge in [0.15, 0.2) is 12.4 Å².